The van der Waals surface area contributed by atoms with Crippen molar-refractivity contribution >= 4 is 17.9 Å². The second-order valence-corrected chi connectivity index (χ2v) is 18.5. The topological polar surface area (TPSA) is 78.9 Å². The van der Waals surface area contributed by atoms with Gasteiger partial charge in [-0.05, 0) is 64.2 Å². The summed E-state index contributed by atoms with van der Waals surface area (Å²) in [5, 5.41) is 0. The first-order valence-corrected chi connectivity index (χ1v) is 27.3. The van der Waals surface area contributed by atoms with Crippen LogP contribution in [0.25, 0.3) is 0 Å². The molecule has 62 heavy (non-hydrogen) atoms. The van der Waals surface area contributed by atoms with Crippen LogP contribution in [0.5, 0.6) is 0 Å². The van der Waals surface area contributed by atoms with E-state index >= 15 is 0 Å². The van der Waals surface area contributed by atoms with Gasteiger partial charge in [0.05, 0.1) is 0 Å². The highest BCUT2D eigenvalue weighted by Gasteiger charge is 2.19. The molecule has 1 atom stereocenters. The summed E-state index contributed by atoms with van der Waals surface area (Å²) < 4.78 is 16.7. The summed E-state index contributed by atoms with van der Waals surface area (Å²) in [6, 6.07) is 0. The highest BCUT2D eigenvalue weighted by molar-refractivity contribution is 5.71. The molecule has 0 spiro atoms. The molecule has 0 aliphatic rings. The maximum atomic E-state index is 12.7. The van der Waals surface area contributed by atoms with Crippen LogP contribution in [0.15, 0.2) is 24.3 Å². The highest BCUT2D eigenvalue weighted by atomic mass is 16.6. The first kappa shape index (κ1) is 59.9. The molecule has 0 fully saturated rings. The van der Waals surface area contributed by atoms with Gasteiger partial charge in [-0.15, -0.1) is 0 Å². The van der Waals surface area contributed by atoms with E-state index in [4.69, 9.17) is 14.2 Å². The summed E-state index contributed by atoms with van der Waals surface area (Å²) in [5.41, 5.74) is 0. The third kappa shape index (κ3) is 48.9. The van der Waals surface area contributed by atoms with Crippen LogP contribution < -0.4 is 0 Å². The average molecular weight is 873 g/mol. The Morgan fingerprint density at radius 1 is 0.306 bits per heavy atom. The number of rotatable bonds is 50. The van der Waals surface area contributed by atoms with Crippen molar-refractivity contribution in [1.29, 1.82) is 0 Å². The Labute approximate surface area is 385 Å². The SMILES string of the molecule is CCCC/C=C\CCCCCCCC(=O)OC(COC(=O)CCCCCCCCCC)COC(=O)CCCCCCCCCCCCCCC/C=C\CCCCCCCCCC. The number of hydrogen-bond donors (Lipinski definition) is 0. The van der Waals surface area contributed by atoms with E-state index in [2.05, 4.69) is 45.1 Å². The minimum Gasteiger partial charge on any atom is -0.462 e. The molecule has 1 unspecified atom stereocenters. The normalized spacial score (nSPS) is 12.1. The monoisotopic (exact) mass is 873 g/mol. The Hall–Kier alpha value is -2.11. The molecule has 0 rings (SSSR count). The minimum absolute atomic E-state index is 0.0713. The zero-order valence-corrected chi connectivity index (χ0v) is 41.7. The van der Waals surface area contributed by atoms with Gasteiger partial charge in [-0.2, -0.15) is 0 Å². The lowest BCUT2D eigenvalue weighted by atomic mass is 10.0. The van der Waals surface area contributed by atoms with E-state index in [-0.39, 0.29) is 31.1 Å². The fourth-order valence-corrected chi connectivity index (χ4v) is 8.01. The van der Waals surface area contributed by atoms with Crippen molar-refractivity contribution in [3.05, 3.63) is 24.3 Å². The molecule has 364 valence electrons. The first-order chi connectivity index (χ1) is 30.5. The average Bonchev–Trinajstić information content (AvgIpc) is 3.27. The molecule has 0 saturated carbocycles. The predicted octanol–water partition coefficient (Wildman–Crippen LogP) is 17.9. The number of carbonyl (C=O) groups is 3. The van der Waals surface area contributed by atoms with Gasteiger partial charge in [0.25, 0.3) is 0 Å². The van der Waals surface area contributed by atoms with Crippen LogP contribution in [0.1, 0.15) is 297 Å². The molecule has 0 N–H and O–H groups in total. The smallest absolute Gasteiger partial charge is 0.306 e. The van der Waals surface area contributed by atoms with Crippen molar-refractivity contribution in [2.24, 2.45) is 0 Å². The molecule has 0 radical (unpaired) electrons. The molecule has 0 aromatic rings. The Balaban J connectivity index is 4.08. The van der Waals surface area contributed by atoms with Crippen molar-refractivity contribution in [2.45, 2.75) is 303 Å². The Morgan fingerprint density at radius 2 is 0.548 bits per heavy atom. The standard InChI is InChI=1S/C56H104O6/c1-4-7-10-13-16-19-21-22-23-24-25-26-27-28-29-30-31-32-33-34-36-37-40-43-46-49-55(58)61-52-53(51-60-54(57)48-45-42-39-18-15-12-9-6-3)62-56(59)50-47-44-41-38-35-20-17-14-11-8-5-2/h14,17,24-25,53H,4-13,15-16,18-23,26-52H2,1-3H3/b17-14-,25-24-. The van der Waals surface area contributed by atoms with Gasteiger partial charge < -0.3 is 14.2 Å². The number of ether oxygens (including phenoxy) is 3. The molecule has 0 saturated heterocycles. The van der Waals surface area contributed by atoms with Gasteiger partial charge >= 0.3 is 17.9 Å². The zero-order valence-electron chi connectivity index (χ0n) is 41.7. The lowest BCUT2D eigenvalue weighted by Gasteiger charge is -2.18. The Kier molecular flexibility index (Phi) is 49.8. The minimum atomic E-state index is -0.769. The van der Waals surface area contributed by atoms with Crippen molar-refractivity contribution in [3.63, 3.8) is 0 Å². The number of esters is 3. The maximum Gasteiger partial charge on any atom is 0.306 e. The summed E-state index contributed by atoms with van der Waals surface area (Å²) >= 11 is 0. The maximum absolute atomic E-state index is 12.7. The molecule has 0 heterocycles. The summed E-state index contributed by atoms with van der Waals surface area (Å²) in [6.45, 7) is 6.59. The van der Waals surface area contributed by atoms with E-state index in [9.17, 15) is 14.4 Å². The molecule has 0 bridgehead atoms. The third-order valence-electron chi connectivity index (χ3n) is 12.2. The molecular weight excluding hydrogens is 769 g/mol. The highest BCUT2D eigenvalue weighted by Crippen LogP contribution is 2.16. The number of allylic oxidation sites excluding steroid dienone is 4. The summed E-state index contributed by atoms with van der Waals surface area (Å²) in [4.78, 5) is 37.8. The second kappa shape index (κ2) is 51.5. The second-order valence-electron chi connectivity index (χ2n) is 18.5. The van der Waals surface area contributed by atoms with Gasteiger partial charge in [0.15, 0.2) is 6.10 Å². The molecule has 0 aromatic carbocycles. The molecular formula is C56H104O6. The number of hydrogen-bond acceptors (Lipinski definition) is 6. The van der Waals surface area contributed by atoms with Gasteiger partial charge in [0.1, 0.15) is 13.2 Å². The van der Waals surface area contributed by atoms with Gasteiger partial charge in [0, 0.05) is 19.3 Å². The van der Waals surface area contributed by atoms with Gasteiger partial charge in [-0.25, -0.2) is 0 Å². The fourth-order valence-electron chi connectivity index (χ4n) is 8.01. The molecule has 6 heteroatoms. The summed E-state index contributed by atoms with van der Waals surface area (Å²) in [6.07, 6.45) is 59.1. The predicted molar refractivity (Wildman–Crippen MR) is 266 cm³/mol. The first-order valence-electron chi connectivity index (χ1n) is 27.3. The van der Waals surface area contributed by atoms with E-state index < -0.39 is 6.10 Å². The van der Waals surface area contributed by atoms with Gasteiger partial charge in [-0.1, -0.05) is 238 Å². The van der Waals surface area contributed by atoms with Crippen molar-refractivity contribution in [1.82, 2.24) is 0 Å². The van der Waals surface area contributed by atoms with Crippen LogP contribution in [-0.2, 0) is 28.6 Å². The summed E-state index contributed by atoms with van der Waals surface area (Å²) in [5.74, 6) is -0.874. The van der Waals surface area contributed by atoms with E-state index in [0.29, 0.717) is 19.3 Å². The summed E-state index contributed by atoms with van der Waals surface area (Å²) in [7, 11) is 0. The van der Waals surface area contributed by atoms with E-state index in [1.807, 2.05) is 0 Å². The van der Waals surface area contributed by atoms with Crippen LogP contribution in [0, 0.1) is 0 Å². The van der Waals surface area contributed by atoms with E-state index in [0.717, 1.165) is 64.2 Å². The fraction of sp³-hybridized carbons (Fsp3) is 0.875. The molecule has 0 aliphatic carbocycles. The van der Waals surface area contributed by atoms with Crippen LogP contribution in [0.2, 0.25) is 0 Å². The Bertz CT molecular complexity index is 1000. The lowest BCUT2D eigenvalue weighted by Crippen LogP contribution is -2.30. The molecule has 0 amide bonds. The van der Waals surface area contributed by atoms with E-state index in [1.165, 1.54) is 193 Å². The quantitative estimate of drug-likeness (QED) is 0.0262. The number of carbonyl (C=O) groups excluding carboxylic acids is 3. The van der Waals surface area contributed by atoms with Crippen molar-refractivity contribution < 1.29 is 28.6 Å². The molecule has 6 nitrogen and oxygen atoms in total. The largest absolute Gasteiger partial charge is 0.462 e. The zero-order chi connectivity index (χ0) is 45.1. The van der Waals surface area contributed by atoms with E-state index in [1.54, 1.807) is 0 Å². The molecule has 0 aliphatic heterocycles. The van der Waals surface area contributed by atoms with Crippen molar-refractivity contribution in [2.75, 3.05) is 13.2 Å². The Morgan fingerprint density at radius 3 is 0.855 bits per heavy atom. The van der Waals surface area contributed by atoms with Gasteiger partial charge in [0.2, 0.25) is 0 Å². The van der Waals surface area contributed by atoms with Crippen LogP contribution in [0.3, 0.4) is 0 Å². The van der Waals surface area contributed by atoms with Crippen LogP contribution in [-0.4, -0.2) is 37.2 Å². The number of unbranched alkanes of at least 4 members (excludes halogenated alkanes) is 35. The third-order valence-corrected chi connectivity index (χ3v) is 12.2. The molecule has 0 aromatic heterocycles. The van der Waals surface area contributed by atoms with Gasteiger partial charge in [-0.3, -0.25) is 14.4 Å². The lowest BCUT2D eigenvalue weighted by molar-refractivity contribution is -0.167. The van der Waals surface area contributed by atoms with Crippen LogP contribution in [0.4, 0.5) is 0 Å². The van der Waals surface area contributed by atoms with Crippen LogP contribution >= 0.6 is 0 Å². The van der Waals surface area contributed by atoms with Crippen molar-refractivity contribution in [3.8, 4) is 0 Å².